The van der Waals surface area contributed by atoms with Crippen LogP contribution in [0.1, 0.15) is 26.2 Å². The Morgan fingerprint density at radius 2 is 2.40 bits per heavy atom. The zero-order chi connectivity index (χ0) is 11.1. The summed E-state index contributed by atoms with van der Waals surface area (Å²) in [5, 5.41) is 12.1. The van der Waals surface area contributed by atoms with Gasteiger partial charge in [0.15, 0.2) is 0 Å². The van der Waals surface area contributed by atoms with Crippen molar-refractivity contribution in [1.29, 1.82) is 0 Å². The molecule has 0 radical (unpaired) electrons. The van der Waals surface area contributed by atoms with Gasteiger partial charge in [0.1, 0.15) is 5.84 Å². The van der Waals surface area contributed by atoms with Crippen LogP contribution in [0.2, 0.25) is 0 Å². The van der Waals surface area contributed by atoms with Crippen LogP contribution in [0.25, 0.3) is 0 Å². The lowest BCUT2D eigenvalue weighted by Gasteiger charge is -2.30. The molecule has 3 N–H and O–H groups in total. The van der Waals surface area contributed by atoms with Crippen LogP contribution in [-0.4, -0.2) is 46.6 Å². The van der Waals surface area contributed by atoms with E-state index in [0.717, 1.165) is 24.6 Å². The molecule has 0 aliphatic carbocycles. The van der Waals surface area contributed by atoms with Crippen LogP contribution in [0.4, 0.5) is 0 Å². The highest BCUT2D eigenvalue weighted by Gasteiger charge is 2.15. The molecule has 1 heterocycles. The maximum Gasteiger partial charge on any atom is 0.139 e. The van der Waals surface area contributed by atoms with Crippen molar-refractivity contribution in [2.45, 2.75) is 31.4 Å². The minimum absolute atomic E-state index is 0.345. The highest BCUT2D eigenvalue weighted by atomic mass is 32.2. The summed E-state index contributed by atoms with van der Waals surface area (Å²) in [5.41, 5.74) is 5.40. The van der Waals surface area contributed by atoms with E-state index in [1.807, 2.05) is 0 Å². The monoisotopic (exact) mass is 231 g/mol. The third kappa shape index (κ3) is 5.28. The first-order valence-electron chi connectivity index (χ1n) is 5.52. The van der Waals surface area contributed by atoms with E-state index in [4.69, 9.17) is 10.9 Å². The van der Waals surface area contributed by atoms with Crippen molar-refractivity contribution in [2.75, 3.05) is 25.4 Å². The van der Waals surface area contributed by atoms with Gasteiger partial charge in [-0.05, 0) is 19.4 Å². The van der Waals surface area contributed by atoms with Gasteiger partial charge in [0.2, 0.25) is 0 Å². The second-order valence-corrected chi connectivity index (χ2v) is 5.58. The summed E-state index contributed by atoms with van der Waals surface area (Å²) in [6.45, 7) is 5.84. The number of thioether (sulfide) groups is 1. The smallest absolute Gasteiger partial charge is 0.139 e. The highest BCUT2D eigenvalue weighted by Crippen LogP contribution is 2.17. The second-order valence-electron chi connectivity index (χ2n) is 4.03. The van der Waals surface area contributed by atoms with Gasteiger partial charge in [0.25, 0.3) is 0 Å². The summed E-state index contributed by atoms with van der Waals surface area (Å²) in [6, 6.07) is 0. The Morgan fingerprint density at radius 3 is 3.07 bits per heavy atom. The summed E-state index contributed by atoms with van der Waals surface area (Å²) in [4.78, 5) is 2.51. The van der Waals surface area contributed by atoms with Gasteiger partial charge in [-0.1, -0.05) is 12.1 Å². The molecule has 0 aromatic carbocycles. The largest absolute Gasteiger partial charge is 0.409 e. The zero-order valence-corrected chi connectivity index (χ0v) is 10.2. The first-order valence-corrected chi connectivity index (χ1v) is 6.57. The van der Waals surface area contributed by atoms with E-state index in [0.29, 0.717) is 12.3 Å². The molecule has 1 fully saturated rings. The predicted octanol–water partition coefficient (Wildman–Crippen LogP) is 1.34. The van der Waals surface area contributed by atoms with Crippen molar-refractivity contribution in [2.24, 2.45) is 10.9 Å². The molecular weight excluding hydrogens is 210 g/mol. The average molecular weight is 231 g/mol. The summed E-state index contributed by atoms with van der Waals surface area (Å²) in [6.07, 6.45) is 2.84. The molecule has 4 nitrogen and oxygen atoms in total. The fraction of sp³-hybridized carbons (Fsp3) is 0.900. The lowest BCUT2D eigenvalue weighted by molar-refractivity contribution is 0.280. The van der Waals surface area contributed by atoms with Crippen molar-refractivity contribution in [3.8, 4) is 0 Å². The number of nitrogens with two attached hydrogens (primary N) is 1. The van der Waals surface area contributed by atoms with Crippen LogP contribution in [0, 0.1) is 0 Å². The van der Waals surface area contributed by atoms with Gasteiger partial charge in [-0.2, -0.15) is 11.8 Å². The van der Waals surface area contributed by atoms with Gasteiger partial charge in [0, 0.05) is 30.5 Å². The molecule has 1 aliphatic rings. The Bertz CT molecular complexity index is 211. The van der Waals surface area contributed by atoms with Crippen molar-refractivity contribution in [3.05, 3.63) is 0 Å². The number of unbranched alkanes of at least 4 members (excludes halogenated alkanes) is 1. The van der Waals surface area contributed by atoms with E-state index in [2.05, 4.69) is 28.7 Å². The summed E-state index contributed by atoms with van der Waals surface area (Å²) < 4.78 is 0. The molecule has 0 bridgehead atoms. The maximum atomic E-state index is 8.37. The van der Waals surface area contributed by atoms with Crippen LogP contribution in [0.3, 0.4) is 0 Å². The number of nitrogens with zero attached hydrogens (tertiary/aromatic N) is 2. The van der Waals surface area contributed by atoms with E-state index in [-0.39, 0.29) is 0 Å². The van der Waals surface area contributed by atoms with Gasteiger partial charge in [-0.3, -0.25) is 0 Å². The molecule has 1 rings (SSSR count). The predicted molar refractivity (Wildman–Crippen MR) is 65.6 cm³/mol. The Morgan fingerprint density at radius 1 is 1.60 bits per heavy atom. The standard InChI is InChI=1S/C10H21N3OS/c1-9-8-13(6-7-15-9)5-3-2-4-10(11)12-14/h9,14H,2-8H2,1H3,(H2,11,12). The Balaban J connectivity index is 2.04. The fourth-order valence-corrected chi connectivity index (χ4v) is 2.87. The molecule has 88 valence electrons. The van der Waals surface area contributed by atoms with Crippen LogP contribution in [0.5, 0.6) is 0 Å². The molecule has 0 spiro atoms. The number of hydrogen-bond acceptors (Lipinski definition) is 4. The molecule has 0 aromatic rings. The molecular formula is C10H21N3OS. The Kier molecular flexibility index (Phi) is 5.86. The number of hydrogen-bond donors (Lipinski definition) is 2. The molecule has 1 aliphatic heterocycles. The topological polar surface area (TPSA) is 61.8 Å². The first kappa shape index (κ1) is 12.6. The molecule has 0 aromatic heterocycles. The number of rotatable bonds is 5. The van der Waals surface area contributed by atoms with Crippen LogP contribution in [0.15, 0.2) is 5.16 Å². The first-order chi connectivity index (χ1) is 7.22. The molecule has 5 heteroatoms. The molecule has 0 saturated carbocycles. The molecule has 1 saturated heterocycles. The molecule has 1 unspecified atom stereocenters. The van der Waals surface area contributed by atoms with Crippen molar-refractivity contribution < 1.29 is 5.21 Å². The van der Waals surface area contributed by atoms with Crippen molar-refractivity contribution in [3.63, 3.8) is 0 Å². The second kappa shape index (κ2) is 6.95. The van der Waals surface area contributed by atoms with E-state index in [1.54, 1.807) is 0 Å². The van der Waals surface area contributed by atoms with E-state index >= 15 is 0 Å². The fourth-order valence-electron chi connectivity index (χ4n) is 1.79. The van der Waals surface area contributed by atoms with Crippen molar-refractivity contribution >= 4 is 17.6 Å². The van der Waals surface area contributed by atoms with Gasteiger partial charge >= 0.3 is 0 Å². The van der Waals surface area contributed by atoms with Crippen LogP contribution in [-0.2, 0) is 0 Å². The number of oxime groups is 1. The van der Waals surface area contributed by atoms with Crippen LogP contribution < -0.4 is 5.73 Å². The van der Waals surface area contributed by atoms with Crippen LogP contribution >= 0.6 is 11.8 Å². The van der Waals surface area contributed by atoms with E-state index in [9.17, 15) is 0 Å². The number of amidine groups is 1. The normalized spacial score (nSPS) is 24.3. The summed E-state index contributed by atoms with van der Waals surface area (Å²) in [7, 11) is 0. The van der Waals surface area contributed by atoms with Gasteiger partial charge < -0.3 is 15.8 Å². The molecule has 15 heavy (non-hydrogen) atoms. The lowest BCUT2D eigenvalue weighted by atomic mass is 10.2. The molecule has 0 amide bonds. The van der Waals surface area contributed by atoms with Gasteiger partial charge in [0.05, 0.1) is 0 Å². The Labute approximate surface area is 95.9 Å². The average Bonchev–Trinajstić information content (AvgIpc) is 2.24. The SMILES string of the molecule is CC1CN(CCCCC(N)=NO)CCS1. The van der Waals surface area contributed by atoms with Gasteiger partial charge in [-0.25, -0.2) is 0 Å². The third-order valence-electron chi connectivity index (χ3n) is 2.61. The lowest BCUT2D eigenvalue weighted by Crippen LogP contribution is -2.37. The minimum atomic E-state index is 0.345. The summed E-state index contributed by atoms with van der Waals surface area (Å²) in [5.74, 6) is 1.60. The third-order valence-corrected chi connectivity index (χ3v) is 3.75. The van der Waals surface area contributed by atoms with Crippen molar-refractivity contribution in [1.82, 2.24) is 4.90 Å². The quantitative estimate of drug-likeness (QED) is 0.246. The van der Waals surface area contributed by atoms with E-state index < -0.39 is 0 Å². The highest BCUT2D eigenvalue weighted by molar-refractivity contribution is 7.99. The minimum Gasteiger partial charge on any atom is -0.409 e. The Hall–Kier alpha value is -0.420. The van der Waals surface area contributed by atoms with E-state index in [1.165, 1.54) is 18.8 Å². The summed E-state index contributed by atoms with van der Waals surface area (Å²) >= 11 is 2.06. The zero-order valence-electron chi connectivity index (χ0n) is 9.35. The van der Waals surface area contributed by atoms with Gasteiger partial charge in [-0.15, -0.1) is 0 Å². The molecule has 1 atom stereocenters. The maximum absolute atomic E-state index is 8.37.